The van der Waals surface area contributed by atoms with Crippen LogP contribution in [0.2, 0.25) is 0 Å². The van der Waals surface area contributed by atoms with Gasteiger partial charge in [-0.1, -0.05) is 31.7 Å². The van der Waals surface area contributed by atoms with E-state index in [-0.39, 0.29) is 24.1 Å². The molecule has 1 aromatic rings. The van der Waals surface area contributed by atoms with Crippen molar-refractivity contribution in [3.63, 3.8) is 0 Å². The monoisotopic (exact) mass is 468 g/mol. The van der Waals surface area contributed by atoms with Gasteiger partial charge in [0.05, 0.1) is 17.0 Å². The van der Waals surface area contributed by atoms with Gasteiger partial charge in [-0.05, 0) is 37.5 Å². The number of hydrazine groups is 1. The molecule has 34 heavy (non-hydrogen) atoms. The second-order valence-corrected chi connectivity index (χ2v) is 8.14. The van der Waals surface area contributed by atoms with Crippen LogP contribution in [0.5, 0.6) is 0 Å². The fraction of sp³-hybridized carbons (Fsp3) is 0.417. The number of anilines is 2. The Kier molecular flexibility index (Phi) is 9.81. The largest absolute Gasteiger partial charge is 0.399 e. The van der Waals surface area contributed by atoms with Gasteiger partial charge >= 0.3 is 0 Å². The second kappa shape index (κ2) is 12.5. The molecule has 1 heterocycles. The Labute approximate surface area is 201 Å². The normalized spacial score (nSPS) is 16.0. The summed E-state index contributed by atoms with van der Waals surface area (Å²) in [6.07, 6.45) is 3.93. The zero-order valence-corrected chi connectivity index (χ0v) is 20.5. The number of nitrogens with zero attached hydrogens (tertiary/aromatic N) is 5. The summed E-state index contributed by atoms with van der Waals surface area (Å²) in [7, 11) is 2.00. The van der Waals surface area contributed by atoms with E-state index in [0.29, 0.717) is 42.4 Å². The molecule has 1 amide bonds. The molecule has 10 nitrogen and oxygen atoms in total. The van der Waals surface area contributed by atoms with Crippen LogP contribution in [0.25, 0.3) is 0 Å². The van der Waals surface area contributed by atoms with E-state index in [9.17, 15) is 9.70 Å². The molecule has 1 atom stereocenters. The van der Waals surface area contributed by atoms with E-state index in [1.54, 1.807) is 23.2 Å². The van der Waals surface area contributed by atoms with Crippen LogP contribution in [0, 0.1) is 10.8 Å². The summed E-state index contributed by atoms with van der Waals surface area (Å²) in [5, 5.41) is 7.13. The Morgan fingerprint density at radius 1 is 1.35 bits per heavy atom. The number of hydrogen-bond acceptors (Lipinski definition) is 9. The lowest BCUT2D eigenvalue weighted by atomic mass is 9.98. The lowest BCUT2D eigenvalue weighted by Crippen LogP contribution is -2.35. The number of carbonyl (C=O) groups excluding carboxylic acids is 1. The van der Waals surface area contributed by atoms with E-state index in [2.05, 4.69) is 40.8 Å². The zero-order chi connectivity index (χ0) is 25.3. The Bertz CT molecular complexity index is 985. The van der Waals surface area contributed by atoms with Crippen molar-refractivity contribution in [2.75, 3.05) is 43.1 Å². The number of aliphatic imine (C=N–C) groups is 1. The summed E-state index contributed by atoms with van der Waals surface area (Å²) in [4.78, 5) is 32.5. The fourth-order valence-electron chi connectivity index (χ4n) is 3.72. The fourth-order valence-corrected chi connectivity index (χ4v) is 3.72. The van der Waals surface area contributed by atoms with Gasteiger partial charge in [-0.15, -0.1) is 0 Å². The molecule has 184 valence electrons. The molecule has 1 aliphatic rings. The summed E-state index contributed by atoms with van der Waals surface area (Å²) < 4.78 is 0. The number of likely N-dealkylation sites (N-methyl/N-ethyl adjacent to an activating group) is 1. The van der Waals surface area contributed by atoms with Crippen LogP contribution >= 0.6 is 0 Å². The first-order valence-electron chi connectivity index (χ1n) is 11.4. The summed E-state index contributed by atoms with van der Waals surface area (Å²) in [6, 6.07) is 7.26. The van der Waals surface area contributed by atoms with E-state index in [4.69, 9.17) is 11.6 Å². The molecule has 0 spiro atoms. The smallest absolute Gasteiger partial charge is 0.261 e. The van der Waals surface area contributed by atoms with E-state index in [0.717, 1.165) is 12.1 Å². The number of nitrogens with one attached hydrogen (secondary N) is 1. The molecular weight excluding hydrogens is 432 g/mol. The molecule has 1 aromatic carbocycles. The van der Waals surface area contributed by atoms with Crippen LogP contribution in [0.1, 0.15) is 27.2 Å². The molecule has 0 bridgehead atoms. The molecule has 10 heteroatoms. The molecule has 0 aliphatic carbocycles. The predicted molar refractivity (Wildman–Crippen MR) is 139 cm³/mol. The van der Waals surface area contributed by atoms with Gasteiger partial charge in [0, 0.05) is 50.5 Å². The molecule has 1 aliphatic heterocycles. The quantitative estimate of drug-likeness (QED) is 0.197. The van der Waals surface area contributed by atoms with Crippen molar-refractivity contribution in [3.8, 4) is 0 Å². The van der Waals surface area contributed by atoms with Gasteiger partial charge in [0.15, 0.2) is 0 Å². The molecule has 0 saturated heterocycles. The number of carbonyl (C=O) groups is 1. The minimum atomic E-state index is -0.158. The van der Waals surface area contributed by atoms with E-state index in [1.807, 2.05) is 26.1 Å². The minimum absolute atomic E-state index is 0.145. The highest BCUT2D eigenvalue weighted by atomic mass is 16.3. The maximum absolute atomic E-state index is 13.8. The van der Waals surface area contributed by atoms with E-state index >= 15 is 0 Å². The zero-order valence-electron chi connectivity index (χ0n) is 20.5. The SMILES string of the molecule is C=C(/N=C\C1=C([C@H](C)CC)N(C)CCN(c2cccc(N(N)/C=C(\N)CN=O)c2)C1=O)NCC. The highest BCUT2D eigenvalue weighted by Crippen LogP contribution is 2.29. The third-order valence-corrected chi connectivity index (χ3v) is 5.62. The first-order chi connectivity index (χ1) is 16.2. The highest BCUT2D eigenvalue weighted by Gasteiger charge is 2.30. The van der Waals surface area contributed by atoms with Gasteiger partial charge in [-0.3, -0.25) is 9.80 Å². The van der Waals surface area contributed by atoms with Crippen molar-refractivity contribution in [2.45, 2.75) is 27.2 Å². The third-order valence-electron chi connectivity index (χ3n) is 5.62. The topological polar surface area (TPSA) is 133 Å². The number of hydrogen-bond donors (Lipinski definition) is 3. The number of allylic oxidation sites excluding steroid dienone is 1. The Hall–Kier alpha value is -3.66. The predicted octanol–water partition coefficient (Wildman–Crippen LogP) is 2.66. The van der Waals surface area contributed by atoms with Crippen molar-refractivity contribution in [1.29, 1.82) is 0 Å². The number of nitroso groups, excluding NO2 is 1. The molecule has 0 saturated carbocycles. The second-order valence-electron chi connectivity index (χ2n) is 8.14. The Balaban J connectivity index is 2.49. The first-order valence-corrected chi connectivity index (χ1v) is 11.4. The van der Waals surface area contributed by atoms with Crippen molar-refractivity contribution in [1.82, 2.24) is 10.2 Å². The van der Waals surface area contributed by atoms with Crippen LogP contribution in [0.4, 0.5) is 11.4 Å². The van der Waals surface area contributed by atoms with Gasteiger partial charge in [-0.2, -0.15) is 4.91 Å². The van der Waals surface area contributed by atoms with Crippen LogP contribution in [-0.4, -0.2) is 50.2 Å². The first kappa shape index (κ1) is 26.6. The molecule has 5 N–H and O–H groups in total. The van der Waals surface area contributed by atoms with Gasteiger partial charge in [0.25, 0.3) is 5.91 Å². The summed E-state index contributed by atoms with van der Waals surface area (Å²) in [5.74, 6) is 6.63. The summed E-state index contributed by atoms with van der Waals surface area (Å²) >= 11 is 0. The minimum Gasteiger partial charge on any atom is -0.399 e. The van der Waals surface area contributed by atoms with Crippen molar-refractivity contribution in [3.05, 3.63) is 64.7 Å². The molecule has 0 fully saturated rings. The molecule has 0 radical (unpaired) electrons. The van der Waals surface area contributed by atoms with Gasteiger partial charge < -0.3 is 20.9 Å². The maximum Gasteiger partial charge on any atom is 0.261 e. The number of nitrogens with two attached hydrogens (primary N) is 2. The van der Waals surface area contributed by atoms with Crippen LogP contribution in [0.15, 0.2) is 70.0 Å². The Morgan fingerprint density at radius 3 is 2.74 bits per heavy atom. The van der Waals surface area contributed by atoms with Crippen molar-refractivity contribution in [2.24, 2.45) is 27.7 Å². The Morgan fingerprint density at radius 2 is 2.09 bits per heavy atom. The highest BCUT2D eigenvalue weighted by molar-refractivity contribution is 6.19. The number of rotatable bonds is 11. The van der Waals surface area contributed by atoms with Gasteiger partial charge in [-0.25, -0.2) is 10.8 Å². The van der Waals surface area contributed by atoms with Crippen molar-refractivity contribution >= 4 is 23.5 Å². The molecule has 0 aromatic heterocycles. The average molecular weight is 469 g/mol. The molecule has 0 unspecified atom stereocenters. The van der Waals surface area contributed by atoms with Crippen LogP contribution in [0.3, 0.4) is 0 Å². The van der Waals surface area contributed by atoms with Crippen LogP contribution < -0.4 is 26.8 Å². The van der Waals surface area contributed by atoms with E-state index < -0.39 is 0 Å². The van der Waals surface area contributed by atoms with Gasteiger partial charge in [0.1, 0.15) is 12.4 Å². The van der Waals surface area contributed by atoms with Gasteiger partial charge in [0.2, 0.25) is 0 Å². The number of benzene rings is 1. The standard InChI is InChI=1S/C24H36N8O2/c1-6-17(3)23-22(15-28-18(4)27-7-2)24(33)31(12-11-30(23)5)20-9-8-10-21(13-20)32(26)16-19(25)14-29-34/h8-10,13,15-17,27H,4,6-7,11-12,14,25-26H2,1-3,5H3/b19-16-,28-15-/t17-/m1/s1. The van der Waals surface area contributed by atoms with Crippen molar-refractivity contribution < 1.29 is 4.79 Å². The average Bonchev–Trinajstić information content (AvgIpc) is 2.93. The number of amides is 1. The molecule has 2 rings (SSSR count). The van der Waals surface area contributed by atoms with E-state index in [1.165, 1.54) is 11.2 Å². The molecular formula is C24H36N8O2. The lowest BCUT2D eigenvalue weighted by molar-refractivity contribution is -0.114. The lowest BCUT2D eigenvalue weighted by Gasteiger charge is -2.26. The van der Waals surface area contributed by atoms with Crippen LogP contribution in [-0.2, 0) is 4.79 Å². The third kappa shape index (κ3) is 6.67. The maximum atomic E-state index is 13.8. The summed E-state index contributed by atoms with van der Waals surface area (Å²) in [5.41, 5.74) is 8.78. The summed E-state index contributed by atoms with van der Waals surface area (Å²) in [6.45, 7) is 11.8.